The molecule has 3 nitrogen and oxygen atoms in total. The van der Waals surface area contributed by atoms with Crippen LogP contribution in [-0.4, -0.2) is 37.9 Å². The standard InChI is InChI=1S/C18H22N2O/c1-3-7-16(8-4-1)18(17-9-5-2-6-10-17)15-19-20-11-13-21-14-12-20/h1-10,18-19H,11-15H2. The van der Waals surface area contributed by atoms with Crippen molar-refractivity contribution in [2.75, 3.05) is 32.8 Å². The van der Waals surface area contributed by atoms with Crippen molar-refractivity contribution < 1.29 is 4.74 Å². The fraction of sp³-hybridized carbons (Fsp3) is 0.333. The van der Waals surface area contributed by atoms with Gasteiger partial charge in [-0.1, -0.05) is 60.7 Å². The van der Waals surface area contributed by atoms with Crippen LogP contribution in [0.15, 0.2) is 60.7 Å². The lowest BCUT2D eigenvalue weighted by molar-refractivity contribution is 0.0116. The Morgan fingerprint density at radius 1 is 0.857 bits per heavy atom. The summed E-state index contributed by atoms with van der Waals surface area (Å²) in [6, 6.07) is 21.4. The summed E-state index contributed by atoms with van der Waals surface area (Å²) in [5.74, 6) is 0.371. The molecule has 1 saturated heterocycles. The first-order chi connectivity index (χ1) is 10.4. The molecule has 3 heteroatoms. The number of hydrogen-bond donors (Lipinski definition) is 1. The van der Waals surface area contributed by atoms with Crippen LogP contribution in [-0.2, 0) is 4.74 Å². The lowest BCUT2D eigenvalue weighted by atomic mass is 9.91. The van der Waals surface area contributed by atoms with Crippen molar-refractivity contribution in [3.8, 4) is 0 Å². The molecule has 0 saturated carbocycles. The van der Waals surface area contributed by atoms with Crippen LogP contribution in [0.3, 0.4) is 0 Å². The van der Waals surface area contributed by atoms with Crippen molar-refractivity contribution >= 4 is 0 Å². The van der Waals surface area contributed by atoms with E-state index >= 15 is 0 Å². The first-order valence-electron chi connectivity index (χ1n) is 7.59. The van der Waals surface area contributed by atoms with Crippen molar-refractivity contribution in [1.29, 1.82) is 0 Å². The fourth-order valence-electron chi connectivity index (χ4n) is 2.74. The molecule has 1 heterocycles. The Bertz CT molecular complexity index is 484. The lowest BCUT2D eigenvalue weighted by Crippen LogP contribution is -2.47. The molecule has 0 unspecified atom stereocenters. The number of ether oxygens (including phenoxy) is 1. The Morgan fingerprint density at radius 3 is 1.90 bits per heavy atom. The van der Waals surface area contributed by atoms with Gasteiger partial charge in [-0.25, -0.2) is 5.01 Å². The van der Waals surface area contributed by atoms with Gasteiger partial charge in [-0.15, -0.1) is 0 Å². The van der Waals surface area contributed by atoms with Crippen molar-refractivity contribution in [2.24, 2.45) is 0 Å². The second-order valence-electron chi connectivity index (χ2n) is 5.34. The van der Waals surface area contributed by atoms with Crippen molar-refractivity contribution in [3.63, 3.8) is 0 Å². The maximum atomic E-state index is 5.39. The van der Waals surface area contributed by atoms with Gasteiger partial charge in [0.1, 0.15) is 0 Å². The van der Waals surface area contributed by atoms with E-state index in [0.29, 0.717) is 5.92 Å². The molecule has 0 aromatic heterocycles. The van der Waals surface area contributed by atoms with Crippen molar-refractivity contribution in [1.82, 2.24) is 10.4 Å². The largest absolute Gasteiger partial charge is 0.379 e. The van der Waals surface area contributed by atoms with E-state index in [1.807, 2.05) is 0 Å². The average Bonchev–Trinajstić information content (AvgIpc) is 2.58. The van der Waals surface area contributed by atoms with Crippen LogP contribution >= 0.6 is 0 Å². The van der Waals surface area contributed by atoms with Gasteiger partial charge in [0.25, 0.3) is 0 Å². The molecule has 2 aromatic rings. The van der Waals surface area contributed by atoms with Gasteiger partial charge >= 0.3 is 0 Å². The minimum absolute atomic E-state index is 0.371. The molecule has 0 amide bonds. The summed E-state index contributed by atoms with van der Waals surface area (Å²) in [5, 5.41) is 2.27. The fourth-order valence-corrected chi connectivity index (χ4v) is 2.74. The second kappa shape index (κ2) is 7.36. The Morgan fingerprint density at radius 2 is 1.38 bits per heavy atom. The van der Waals surface area contributed by atoms with Gasteiger partial charge in [-0.2, -0.15) is 0 Å². The number of hydrazine groups is 1. The molecule has 1 aliphatic heterocycles. The maximum absolute atomic E-state index is 5.39. The van der Waals surface area contributed by atoms with Crippen LogP contribution in [0.1, 0.15) is 17.0 Å². The normalized spacial score (nSPS) is 16.2. The van der Waals surface area contributed by atoms with E-state index in [2.05, 4.69) is 71.1 Å². The predicted molar refractivity (Wildman–Crippen MR) is 85.1 cm³/mol. The molecule has 3 rings (SSSR count). The van der Waals surface area contributed by atoms with Crippen LogP contribution in [0.25, 0.3) is 0 Å². The zero-order valence-corrected chi connectivity index (χ0v) is 12.2. The molecule has 0 atom stereocenters. The summed E-state index contributed by atoms with van der Waals surface area (Å²) in [4.78, 5) is 0. The minimum atomic E-state index is 0.371. The van der Waals surface area contributed by atoms with Crippen LogP contribution in [0.5, 0.6) is 0 Å². The molecule has 1 N–H and O–H groups in total. The summed E-state index contributed by atoms with van der Waals surface area (Å²) >= 11 is 0. The molecule has 0 aliphatic carbocycles. The lowest BCUT2D eigenvalue weighted by Gasteiger charge is -2.29. The number of hydrogen-bond acceptors (Lipinski definition) is 3. The third kappa shape index (κ3) is 3.91. The van der Waals surface area contributed by atoms with Gasteiger partial charge in [0, 0.05) is 25.6 Å². The van der Waals surface area contributed by atoms with E-state index in [0.717, 1.165) is 32.8 Å². The highest BCUT2D eigenvalue weighted by Crippen LogP contribution is 2.23. The molecule has 0 radical (unpaired) electrons. The van der Waals surface area contributed by atoms with Gasteiger partial charge in [-0.05, 0) is 11.1 Å². The van der Waals surface area contributed by atoms with Crippen molar-refractivity contribution in [2.45, 2.75) is 5.92 Å². The second-order valence-corrected chi connectivity index (χ2v) is 5.34. The van der Waals surface area contributed by atoms with Gasteiger partial charge in [0.15, 0.2) is 0 Å². The van der Waals surface area contributed by atoms with Crippen molar-refractivity contribution in [3.05, 3.63) is 71.8 Å². The number of rotatable bonds is 5. The Hall–Kier alpha value is -1.68. The molecule has 21 heavy (non-hydrogen) atoms. The van der Waals surface area contributed by atoms with Crippen LogP contribution in [0.4, 0.5) is 0 Å². The van der Waals surface area contributed by atoms with Crippen LogP contribution < -0.4 is 5.43 Å². The highest BCUT2D eigenvalue weighted by molar-refractivity contribution is 5.32. The topological polar surface area (TPSA) is 24.5 Å². The first kappa shape index (κ1) is 14.3. The third-order valence-electron chi connectivity index (χ3n) is 3.93. The quantitative estimate of drug-likeness (QED) is 0.912. The summed E-state index contributed by atoms with van der Waals surface area (Å²) in [7, 11) is 0. The Labute approximate surface area is 126 Å². The predicted octanol–water partition coefficient (Wildman–Crippen LogP) is 2.66. The van der Waals surface area contributed by atoms with E-state index in [9.17, 15) is 0 Å². The number of nitrogens with one attached hydrogen (secondary N) is 1. The number of nitrogens with zero attached hydrogens (tertiary/aromatic N) is 1. The van der Waals surface area contributed by atoms with Crippen LogP contribution in [0, 0.1) is 0 Å². The van der Waals surface area contributed by atoms with Gasteiger partial charge in [0.05, 0.1) is 13.2 Å². The molecule has 1 fully saturated rings. The molecule has 0 bridgehead atoms. The van der Waals surface area contributed by atoms with E-state index in [1.54, 1.807) is 0 Å². The first-order valence-corrected chi connectivity index (χ1v) is 7.59. The molecule has 2 aromatic carbocycles. The molecule has 1 aliphatic rings. The molecular weight excluding hydrogens is 260 g/mol. The van der Waals surface area contributed by atoms with E-state index in [4.69, 9.17) is 4.74 Å². The maximum Gasteiger partial charge on any atom is 0.0608 e. The third-order valence-corrected chi connectivity index (χ3v) is 3.93. The minimum Gasteiger partial charge on any atom is -0.379 e. The Balaban J connectivity index is 1.73. The van der Waals surface area contributed by atoms with Gasteiger partial charge in [0.2, 0.25) is 0 Å². The Kier molecular flexibility index (Phi) is 5.00. The van der Waals surface area contributed by atoms with E-state index in [-0.39, 0.29) is 0 Å². The number of benzene rings is 2. The van der Waals surface area contributed by atoms with E-state index < -0.39 is 0 Å². The monoisotopic (exact) mass is 282 g/mol. The SMILES string of the molecule is c1ccc(C(CNN2CCOCC2)c2ccccc2)cc1. The van der Waals surface area contributed by atoms with Crippen LogP contribution in [0.2, 0.25) is 0 Å². The van der Waals surface area contributed by atoms with E-state index in [1.165, 1.54) is 11.1 Å². The molecule has 110 valence electrons. The summed E-state index contributed by atoms with van der Waals surface area (Å²) in [6.07, 6.45) is 0. The van der Waals surface area contributed by atoms with Gasteiger partial charge in [-0.3, -0.25) is 5.43 Å². The highest BCUT2D eigenvalue weighted by atomic mass is 16.5. The smallest absolute Gasteiger partial charge is 0.0608 e. The summed E-state index contributed by atoms with van der Waals surface area (Å²) < 4.78 is 5.39. The summed E-state index contributed by atoms with van der Waals surface area (Å²) in [6.45, 7) is 4.45. The summed E-state index contributed by atoms with van der Waals surface area (Å²) in [5.41, 5.74) is 6.27. The zero-order chi connectivity index (χ0) is 14.3. The molecule has 0 spiro atoms. The molecular formula is C18H22N2O. The average molecular weight is 282 g/mol. The highest BCUT2D eigenvalue weighted by Gasteiger charge is 2.16. The zero-order valence-electron chi connectivity index (χ0n) is 12.2. The number of morpholine rings is 1. The van der Waals surface area contributed by atoms with Gasteiger partial charge < -0.3 is 4.74 Å².